The molecule has 1 saturated heterocycles. The highest BCUT2D eigenvalue weighted by Gasteiger charge is 2.49. The van der Waals surface area contributed by atoms with Crippen molar-refractivity contribution in [3.05, 3.63) is 54.5 Å². The first-order valence-corrected chi connectivity index (χ1v) is 8.94. The lowest BCUT2D eigenvalue weighted by Crippen LogP contribution is -2.47. The average Bonchev–Trinajstić information content (AvgIpc) is 3.36. The Morgan fingerprint density at radius 2 is 2.07 bits per heavy atom. The number of pyridine rings is 1. The molecule has 4 N–H and O–H groups in total. The number of carbonyl (C=O) groups excluding carboxylic acids is 2. The van der Waals surface area contributed by atoms with Gasteiger partial charge in [0.1, 0.15) is 11.4 Å². The molecule has 1 aliphatic heterocycles. The van der Waals surface area contributed by atoms with Crippen LogP contribution in [-0.4, -0.2) is 38.7 Å². The number of amides is 3. The number of fused-ring (bicyclic) bond motifs is 2. The summed E-state index contributed by atoms with van der Waals surface area (Å²) in [5, 5.41) is 18.0. The zero-order valence-corrected chi connectivity index (χ0v) is 15.4. The van der Waals surface area contributed by atoms with E-state index in [1.54, 1.807) is 43.8 Å². The highest BCUT2D eigenvalue weighted by Crippen LogP contribution is 2.35. The van der Waals surface area contributed by atoms with Crippen LogP contribution in [0.25, 0.3) is 21.8 Å². The van der Waals surface area contributed by atoms with E-state index in [1.165, 1.54) is 4.57 Å². The van der Waals surface area contributed by atoms with Crippen LogP contribution >= 0.6 is 0 Å². The number of benzene rings is 1. The fourth-order valence-electron chi connectivity index (χ4n) is 3.79. The minimum absolute atomic E-state index is 0.0137. The molecule has 0 radical (unpaired) electrons. The number of urea groups is 1. The number of imide groups is 1. The number of nitrogens with one attached hydrogen (secondary N) is 3. The third-order valence-electron chi connectivity index (χ3n) is 5.27. The first-order chi connectivity index (χ1) is 14.0. The van der Waals surface area contributed by atoms with Crippen LogP contribution in [0.5, 0.6) is 11.6 Å². The van der Waals surface area contributed by atoms with E-state index in [0.717, 1.165) is 10.8 Å². The summed E-state index contributed by atoms with van der Waals surface area (Å²) in [6.45, 7) is -0.0137. The lowest BCUT2D eigenvalue weighted by Gasteiger charge is -2.25. The summed E-state index contributed by atoms with van der Waals surface area (Å²) in [6.07, 6.45) is 3.37. The monoisotopic (exact) mass is 391 g/mol. The van der Waals surface area contributed by atoms with Gasteiger partial charge in [-0.2, -0.15) is 0 Å². The zero-order chi connectivity index (χ0) is 20.2. The van der Waals surface area contributed by atoms with Crippen molar-refractivity contribution in [2.75, 3.05) is 7.11 Å². The molecule has 1 atom stereocenters. The fourth-order valence-corrected chi connectivity index (χ4v) is 3.79. The molecule has 9 nitrogen and oxygen atoms in total. The van der Waals surface area contributed by atoms with Gasteiger partial charge in [0.15, 0.2) is 11.4 Å². The minimum atomic E-state index is -1.42. The van der Waals surface area contributed by atoms with E-state index in [1.807, 2.05) is 12.1 Å². The molecule has 1 fully saturated rings. The molecule has 29 heavy (non-hydrogen) atoms. The zero-order valence-electron chi connectivity index (χ0n) is 15.4. The SMILES string of the molecule is COc1ccc2cn(C[C@@]3(c4cc5cccnc5[nH]4)NC(=O)NC3=O)c(O)c2c1. The van der Waals surface area contributed by atoms with Crippen LogP contribution in [0.1, 0.15) is 5.69 Å². The molecule has 0 aliphatic carbocycles. The predicted octanol–water partition coefficient (Wildman–Crippen LogP) is 1.97. The number of methoxy groups -OCH3 is 1. The maximum Gasteiger partial charge on any atom is 0.322 e. The van der Waals surface area contributed by atoms with E-state index in [0.29, 0.717) is 22.5 Å². The lowest BCUT2D eigenvalue weighted by atomic mass is 9.95. The Labute approximate surface area is 164 Å². The van der Waals surface area contributed by atoms with Crippen molar-refractivity contribution in [2.24, 2.45) is 0 Å². The second-order valence-electron chi connectivity index (χ2n) is 6.97. The van der Waals surface area contributed by atoms with E-state index < -0.39 is 17.5 Å². The number of carbonyl (C=O) groups is 2. The van der Waals surface area contributed by atoms with Crippen LogP contribution in [0.15, 0.2) is 48.8 Å². The smallest absolute Gasteiger partial charge is 0.322 e. The van der Waals surface area contributed by atoms with Gasteiger partial charge in [-0.05, 0) is 36.4 Å². The van der Waals surface area contributed by atoms with Crippen molar-refractivity contribution >= 4 is 33.7 Å². The Morgan fingerprint density at radius 3 is 2.79 bits per heavy atom. The van der Waals surface area contributed by atoms with Gasteiger partial charge in [-0.15, -0.1) is 0 Å². The van der Waals surface area contributed by atoms with E-state index >= 15 is 0 Å². The van der Waals surface area contributed by atoms with Gasteiger partial charge in [0.05, 0.1) is 19.3 Å². The summed E-state index contributed by atoms with van der Waals surface area (Å²) >= 11 is 0. The molecule has 4 aromatic rings. The molecular weight excluding hydrogens is 374 g/mol. The van der Waals surface area contributed by atoms with Crippen LogP contribution in [-0.2, 0) is 16.9 Å². The first-order valence-electron chi connectivity index (χ1n) is 8.94. The number of H-pyrrole nitrogens is 1. The fraction of sp³-hybridized carbons (Fsp3) is 0.150. The van der Waals surface area contributed by atoms with Gasteiger partial charge >= 0.3 is 6.03 Å². The Hall–Kier alpha value is -4.01. The van der Waals surface area contributed by atoms with E-state index in [2.05, 4.69) is 20.6 Å². The average molecular weight is 391 g/mol. The van der Waals surface area contributed by atoms with E-state index in [-0.39, 0.29) is 12.4 Å². The maximum absolute atomic E-state index is 12.9. The number of hydrogen-bond donors (Lipinski definition) is 4. The van der Waals surface area contributed by atoms with Crippen LogP contribution in [0, 0.1) is 0 Å². The quantitative estimate of drug-likeness (QED) is 0.396. The molecule has 5 rings (SSSR count). The summed E-state index contributed by atoms with van der Waals surface area (Å²) in [4.78, 5) is 32.3. The summed E-state index contributed by atoms with van der Waals surface area (Å²) in [7, 11) is 1.55. The third-order valence-corrected chi connectivity index (χ3v) is 5.27. The molecule has 146 valence electrons. The largest absolute Gasteiger partial charge is 0.497 e. The van der Waals surface area contributed by atoms with Gasteiger partial charge in [0.2, 0.25) is 0 Å². The normalized spacial score (nSPS) is 18.9. The number of hydrogen-bond acceptors (Lipinski definition) is 5. The number of aromatic hydroxyl groups is 1. The van der Waals surface area contributed by atoms with Gasteiger partial charge in [-0.25, -0.2) is 9.78 Å². The van der Waals surface area contributed by atoms with Crippen LogP contribution < -0.4 is 15.4 Å². The molecule has 4 heterocycles. The molecule has 9 heteroatoms. The topological polar surface area (TPSA) is 121 Å². The molecule has 0 saturated carbocycles. The summed E-state index contributed by atoms with van der Waals surface area (Å²) in [6, 6.07) is 10.1. The van der Waals surface area contributed by atoms with Gasteiger partial charge in [-0.1, -0.05) is 0 Å². The Kier molecular flexibility index (Phi) is 3.54. The van der Waals surface area contributed by atoms with Crippen molar-refractivity contribution in [3.63, 3.8) is 0 Å². The number of nitrogens with zero attached hydrogens (tertiary/aromatic N) is 2. The molecule has 1 aromatic carbocycles. The van der Waals surface area contributed by atoms with Crippen molar-refractivity contribution in [1.82, 2.24) is 25.2 Å². The van der Waals surface area contributed by atoms with Gasteiger partial charge in [0.25, 0.3) is 5.91 Å². The van der Waals surface area contributed by atoms with Gasteiger partial charge < -0.3 is 24.7 Å². The van der Waals surface area contributed by atoms with E-state index in [4.69, 9.17) is 4.74 Å². The number of aromatic nitrogens is 3. The first kappa shape index (κ1) is 17.1. The van der Waals surface area contributed by atoms with E-state index in [9.17, 15) is 14.7 Å². The molecule has 0 bridgehead atoms. The van der Waals surface area contributed by atoms with Crippen molar-refractivity contribution in [1.29, 1.82) is 0 Å². The number of aromatic amines is 1. The molecule has 0 unspecified atom stereocenters. The van der Waals surface area contributed by atoms with Crippen LogP contribution in [0.4, 0.5) is 4.79 Å². The van der Waals surface area contributed by atoms with Crippen LogP contribution in [0.3, 0.4) is 0 Å². The van der Waals surface area contributed by atoms with Gasteiger partial charge in [0, 0.05) is 28.6 Å². The molecular formula is C20H17N5O4. The Balaban J connectivity index is 1.65. The van der Waals surface area contributed by atoms with Crippen molar-refractivity contribution in [3.8, 4) is 11.6 Å². The van der Waals surface area contributed by atoms with Crippen molar-refractivity contribution in [2.45, 2.75) is 12.1 Å². The molecule has 3 aromatic heterocycles. The maximum atomic E-state index is 12.9. The Morgan fingerprint density at radius 1 is 1.21 bits per heavy atom. The second-order valence-corrected chi connectivity index (χ2v) is 6.97. The predicted molar refractivity (Wildman–Crippen MR) is 105 cm³/mol. The second kappa shape index (κ2) is 5.99. The lowest BCUT2D eigenvalue weighted by molar-refractivity contribution is -0.124. The summed E-state index contributed by atoms with van der Waals surface area (Å²) in [5.74, 6) is 0.0686. The number of rotatable bonds is 4. The van der Waals surface area contributed by atoms with Crippen LogP contribution in [0.2, 0.25) is 0 Å². The third kappa shape index (κ3) is 2.51. The standard InChI is InChI=1S/C20H17N5O4/c1-29-13-5-4-12-9-25(17(26)14(12)8-13)10-20(18(27)23-19(28)24-20)15-7-11-3-2-6-21-16(11)22-15/h2-9,26H,10H2,1H3,(H,21,22)(H2,23,24,27,28)/t20-/m0/s1. The van der Waals surface area contributed by atoms with Crippen molar-refractivity contribution < 1.29 is 19.4 Å². The highest BCUT2D eigenvalue weighted by molar-refractivity contribution is 6.07. The summed E-state index contributed by atoms with van der Waals surface area (Å²) < 4.78 is 6.76. The molecule has 1 aliphatic rings. The molecule has 0 spiro atoms. The highest BCUT2D eigenvalue weighted by atomic mass is 16.5. The minimum Gasteiger partial charge on any atom is -0.497 e. The molecule has 3 amide bonds. The summed E-state index contributed by atoms with van der Waals surface area (Å²) in [5.41, 5.74) is -0.347. The Bertz CT molecular complexity index is 1260. The van der Waals surface area contributed by atoms with Gasteiger partial charge in [-0.3, -0.25) is 10.1 Å². The number of ether oxygens (including phenoxy) is 1.